The fraction of sp³-hybridized carbons (Fsp3) is 0.632. The van der Waals surface area contributed by atoms with Crippen molar-refractivity contribution in [1.82, 2.24) is 15.5 Å². The van der Waals surface area contributed by atoms with Crippen LogP contribution in [0.4, 0.5) is 4.79 Å². The number of nitrogens with one attached hydrogen (secondary N) is 2. The summed E-state index contributed by atoms with van der Waals surface area (Å²) in [5.41, 5.74) is 2.82. The van der Waals surface area contributed by atoms with Crippen LogP contribution in [-0.4, -0.2) is 47.8 Å². The summed E-state index contributed by atoms with van der Waals surface area (Å²) in [5.74, 6) is 0.192. The lowest BCUT2D eigenvalue weighted by atomic mass is 9.99. The Morgan fingerprint density at radius 2 is 1.88 bits per heavy atom. The number of fused-ring (bicyclic) bond motifs is 1. The minimum absolute atomic E-state index is 0.192. The van der Waals surface area contributed by atoms with Gasteiger partial charge in [-0.3, -0.25) is 4.90 Å². The Balaban J connectivity index is 1.71. The van der Waals surface area contributed by atoms with Crippen LogP contribution in [0.5, 0.6) is 0 Å². The molecule has 1 heterocycles. The molecule has 0 aromatic heterocycles. The number of rotatable bonds is 7. The van der Waals surface area contributed by atoms with Crippen molar-refractivity contribution in [2.24, 2.45) is 5.92 Å². The van der Waals surface area contributed by atoms with E-state index in [1.807, 2.05) is 13.8 Å². The van der Waals surface area contributed by atoms with E-state index in [9.17, 15) is 9.90 Å². The molecule has 0 fully saturated rings. The number of aliphatic hydroxyl groups excluding tert-OH is 1. The lowest BCUT2D eigenvalue weighted by molar-refractivity contribution is 0.114. The van der Waals surface area contributed by atoms with Crippen LogP contribution in [0, 0.1) is 5.92 Å². The first-order valence-electron chi connectivity index (χ1n) is 9.01. The average molecular weight is 333 g/mol. The molecule has 5 heteroatoms. The lowest BCUT2D eigenvalue weighted by Crippen LogP contribution is -2.48. The molecule has 0 saturated carbocycles. The number of aliphatic hydroxyl groups is 1. The number of carbonyl (C=O) groups is 1. The van der Waals surface area contributed by atoms with Gasteiger partial charge in [-0.2, -0.15) is 0 Å². The highest BCUT2D eigenvalue weighted by Crippen LogP contribution is 2.19. The molecule has 24 heavy (non-hydrogen) atoms. The van der Waals surface area contributed by atoms with Gasteiger partial charge in [0.25, 0.3) is 0 Å². The molecule has 134 valence electrons. The molecule has 0 aliphatic carbocycles. The Bertz CT molecular complexity index is 535. The Morgan fingerprint density at radius 1 is 1.21 bits per heavy atom. The second-order valence-corrected chi connectivity index (χ2v) is 6.88. The molecule has 2 rings (SSSR count). The molecule has 3 N–H and O–H groups in total. The number of hydrogen-bond donors (Lipinski definition) is 3. The second-order valence-electron chi connectivity index (χ2n) is 6.88. The van der Waals surface area contributed by atoms with Gasteiger partial charge in [-0.15, -0.1) is 0 Å². The predicted octanol–water partition coefficient (Wildman–Crippen LogP) is 2.14. The van der Waals surface area contributed by atoms with Gasteiger partial charge in [0.2, 0.25) is 0 Å². The monoisotopic (exact) mass is 333 g/mol. The molecule has 1 aliphatic heterocycles. The quantitative estimate of drug-likeness (QED) is 0.716. The van der Waals surface area contributed by atoms with E-state index >= 15 is 0 Å². The van der Waals surface area contributed by atoms with Gasteiger partial charge in [0, 0.05) is 32.2 Å². The summed E-state index contributed by atoms with van der Waals surface area (Å²) < 4.78 is 0. The summed E-state index contributed by atoms with van der Waals surface area (Å²) in [6, 6.07) is 8.64. The molecule has 0 bridgehead atoms. The van der Waals surface area contributed by atoms with Gasteiger partial charge < -0.3 is 15.7 Å². The minimum Gasteiger partial charge on any atom is -0.391 e. The summed E-state index contributed by atoms with van der Waals surface area (Å²) in [7, 11) is 0. The van der Waals surface area contributed by atoms with E-state index in [4.69, 9.17) is 0 Å². The van der Waals surface area contributed by atoms with E-state index in [-0.39, 0.29) is 18.0 Å². The number of urea groups is 1. The average Bonchev–Trinajstić information content (AvgIpc) is 2.62. The lowest BCUT2D eigenvalue weighted by Gasteiger charge is -2.33. The summed E-state index contributed by atoms with van der Waals surface area (Å²) in [6.45, 7) is 9.02. The zero-order valence-electron chi connectivity index (χ0n) is 15.1. The maximum absolute atomic E-state index is 11.9. The highest BCUT2D eigenvalue weighted by atomic mass is 16.3. The minimum atomic E-state index is -0.489. The Labute approximate surface area is 145 Å². The van der Waals surface area contributed by atoms with Crippen molar-refractivity contribution < 1.29 is 9.90 Å². The number of hydrogen-bond acceptors (Lipinski definition) is 3. The van der Waals surface area contributed by atoms with Crippen molar-refractivity contribution in [3.8, 4) is 0 Å². The highest BCUT2D eigenvalue weighted by Gasteiger charge is 2.20. The molecule has 1 aromatic carbocycles. The van der Waals surface area contributed by atoms with Crippen LogP contribution in [0.3, 0.4) is 0 Å². The molecule has 2 amide bonds. The van der Waals surface area contributed by atoms with Crippen molar-refractivity contribution in [3.05, 3.63) is 35.4 Å². The topological polar surface area (TPSA) is 64.6 Å². The largest absolute Gasteiger partial charge is 0.391 e. The first-order chi connectivity index (χ1) is 11.5. The third-order valence-corrected chi connectivity index (χ3v) is 5.11. The predicted molar refractivity (Wildman–Crippen MR) is 96.9 cm³/mol. The molecule has 1 aromatic rings. The van der Waals surface area contributed by atoms with Gasteiger partial charge in [-0.1, -0.05) is 44.5 Å². The standard InChI is InChI=1S/C19H31N3O2/c1-4-14(2)18(23)12-21-19(24)20-11-15(3)22-10-9-16-7-5-6-8-17(16)13-22/h5-8,14-15,18,23H,4,9-13H2,1-3H3,(H2,20,21,24). The molecule has 0 saturated heterocycles. The van der Waals surface area contributed by atoms with Gasteiger partial charge >= 0.3 is 6.03 Å². The summed E-state index contributed by atoms with van der Waals surface area (Å²) in [5, 5.41) is 15.6. The van der Waals surface area contributed by atoms with Gasteiger partial charge in [0.15, 0.2) is 0 Å². The molecule has 5 nitrogen and oxygen atoms in total. The van der Waals surface area contributed by atoms with E-state index < -0.39 is 6.10 Å². The fourth-order valence-electron chi connectivity index (χ4n) is 3.00. The molecule has 1 aliphatic rings. The van der Waals surface area contributed by atoms with Crippen molar-refractivity contribution in [3.63, 3.8) is 0 Å². The normalized spacial score (nSPS) is 18.3. The zero-order chi connectivity index (χ0) is 17.5. The summed E-state index contributed by atoms with van der Waals surface area (Å²) in [6.07, 6.45) is 1.47. The number of amides is 2. The first-order valence-corrected chi connectivity index (χ1v) is 9.01. The highest BCUT2D eigenvalue weighted by molar-refractivity contribution is 5.73. The smallest absolute Gasteiger partial charge is 0.314 e. The van der Waals surface area contributed by atoms with E-state index in [0.29, 0.717) is 13.1 Å². The molecular formula is C19H31N3O2. The Morgan fingerprint density at radius 3 is 2.58 bits per heavy atom. The molecular weight excluding hydrogens is 302 g/mol. The Kier molecular flexibility index (Phi) is 7.06. The number of nitrogens with zero attached hydrogens (tertiary/aromatic N) is 1. The van der Waals surface area contributed by atoms with Crippen LogP contribution in [0.25, 0.3) is 0 Å². The van der Waals surface area contributed by atoms with Crippen LogP contribution in [0.15, 0.2) is 24.3 Å². The second kappa shape index (κ2) is 9.04. The maximum Gasteiger partial charge on any atom is 0.314 e. The third-order valence-electron chi connectivity index (χ3n) is 5.11. The summed E-state index contributed by atoms with van der Waals surface area (Å²) in [4.78, 5) is 14.3. The van der Waals surface area contributed by atoms with Gasteiger partial charge in [-0.25, -0.2) is 4.79 Å². The van der Waals surface area contributed by atoms with Crippen LogP contribution in [0.1, 0.15) is 38.3 Å². The molecule has 3 atom stereocenters. The van der Waals surface area contributed by atoms with E-state index in [1.165, 1.54) is 11.1 Å². The summed E-state index contributed by atoms with van der Waals surface area (Å²) >= 11 is 0. The molecule has 0 radical (unpaired) electrons. The fourth-order valence-corrected chi connectivity index (χ4v) is 3.00. The molecule has 3 unspecified atom stereocenters. The SMILES string of the molecule is CCC(C)C(O)CNC(=O)NCC(C)N1CCc2ccccc2C1. The third kappa shape index (κ3) is 5.21. The number of benzene rings is 1. The molecule has 0 spiro atoms. The van der Waals surface area contributed by atoms with Crippen molar-refractivity contribution in [1.29, 1.82) is 0 Å². The van der Waals surface area contributed by atoms with E-state index in [1.54, 1.807) is 0 Å². The number of carbonyl (C=O) groups excluding carboxylic acids is 1. The Hall–Kier alpha value is -1.59. The first kappa shape index (κ1) is 18.7. The van der Waals surface area contributed by atoms with Gasteiger partial charge in [0.05, 0.1) is 6.10 Å². The van der Waals surface area contributed by atoms with Crippen molar-refractivity contribution in [2.45, 2.75) is 52.3 Å². The zero-order valence-corrected chi connectivity index (χ0v) is 15.1. The maximum atomic E-state index is 11.9. The van der Waals surface area contributed by atoms with Gasteiger partial charge in [0.1, 0.15) is 0 Å². The van der Waals surface area contributed by atoms with Crippen LogP contribution < -0.4 is 10.6 Å². The van der Waals surface area contributed by atoms with Crippen molar-refractivity contribution in [2.75, 3.05) is 19.6 Å². The van der Waals surface area contributed by atoms with E-state index in [0.717, 1.165) is 25.9 Å². The van der Waals surface area contributed by atoms with E-state index in [2.05, 4.69) is 46.7 Å². The van der Waals surface area contributed by atoms with Crippen LogP contribution >= 0.6 is 0 Å². The van der Waals surface area contributed by atoms with Crippen LogP contribution in [0.2, 0.25) is 0 Å². The van der Waals surface area contributed by atoms with Gasteiger partial charge in [-0.05, 0) is 30.4 Å². The van der Waals surface area contributed by atoms with Crippen molar-refractivity contribution >= 4 is 6.03 Å². The van der Waals surface area contributed by atoms with Crippen LogP contribution in [-0.2, 0) is 13.0 Å².